The Morgan fingerprint density at radius 2 is 2.14 bits per heavy atom. The second kappa shape index (κ2) is 7.98. The first-order chi connectivity index (χ1) is 9.91. The lowest BCUT2D eigenvalue weighted by Crippen LogP contribution is -2.52. The molecule has 1 rings (SSSR count). The van der Waals surface area contributed by atoms with Crippen LogP contribution in [0.15, 0.2) is 24.3 Å². The first-order valence-electron chi connectivity index (χ1n) is 7.25. The summed E-state index contributed by atoms with van der Waals surface area (Å²) in [6, 6.07) is 5.96. The average molecular weight is 297 g/mol. The SMILES string of the molecule is CCNC(C)(CC(C)Oc1cccc(F)c1)C(=O)OCC. The van der Waals surface area contributed by atoms with Crippen molar-refractivity contribution >= 4 is 5.97 Å². The van der Waals surface area contributed by atoms with Crippen LogP contribution in [0.3, 0.4) is 0 Å². The molecule has 0 aliphatic rings. The maximum atomic E-state index is 13.1. The van der Waals surface area contributed by atoms with Gasteiger partial charge in [0.25, 0.3) is 0 Å². The topological polar surface area (TPSA) is 47.6 Å². The van der Waals surface area contributed by atoms with E-state index in [1.54, 1.807) is 26.0 Å². The number of hydrogen-bond donors (Lipinski definition) is 1. The molecule has 1 aromatic rings. The molecule has 4 nitrogen and oxygen atoms in total. The first kappa shape index (κ1) is 17.4. The fourth-order valence-electron chi connectivity index (χ4n) is 2.30. The maximum absolute atomic E-state index is 13.1. The van der Waals surface area contributed by atoms with Crippen molar-refractivity contribution in [1.82, 2.24) is 5.32 Å². The summed E-state index contributed by atoms with van der Waals surface area (Å²) < 4.78 is 23.9. The number of carbonyl (C=O) groups excluding carboxylic acids is 1. The number of esters is 1. The van der Waals surface area contributed by atoms with Crippen LogP contribution in [0.4, 0.5) is 4.39 Å². The lowest BCUT2D eigenvalue weighted by molar-refractivity contribution is -0.151. The molecule has 118 valence electrons. The van der Waals surface area contributed by atoms with Gasteiger partial charge in [-0.1, -0.05) is 13.0 Å². The van der Waals surface area contributed by atoms with Crippen LogP contribution < -0.4 is 10.1 Å². The van der Waals surface area contributed by atoms with Crippen LogP contribution >= 0.6 is 0 Å². The van der Waals surface area contributed by atoms with Gasteiger partial charge in [0, 0.05) is 12.5 Å². The molecule has 0 aliphatic heterocycles. The number of likely N-dealkylation sites (N-methyl/N-ethyl adjacent to an activating group) is 1. The summed E-state index contributed by atoms with van der Waals surface area (Å²) >= 11 is 0. The van der Waals surface area contributed by atoms with Gasteiger partial charge in [-0.05, 0) is 39.4 Å². The number of halogens is 1. The van der Waals surface area contributed by atoms with E-state index in [2.05, 4.69) is 5.32 Å². The van der Waals surface area contributed by atoms with Gasteiger partial charge >= 0.3 is 5.97 Å². The molecule has 0 aliphatic carbocycles. The molecule has 2 atom stereocenters. The highest BCUT2D eigenvalue weighted by Crippen LogP contribution is 2.20. The molecular formula is C16H24FNO3. The highest BCUT2D eigenvalue weighted by Gasteiger charge is 2.36. The minimum Gasteiger partial charge on any atom is -0.491 e. The van der Waals surface area contributed by atoms with E-state index in [0.717, 1.165) is 0 Å². The van der Waals surface area contributed by atoms with E-state index in [-0.39, 0.29) is 17.9 Å². The second-order valence-electron chi connectivity index (χ2n) is 5.17. The third-order valence-electron chi connectivity index (χ3n) is 3.12. The van der Waals surface area contributed by atoms with Crippen LogP contribution in [-0.2, 0) is 9.53 Å². The number of benzene rings is 1. The lowest BCUT2D eigenvalue weighted by atomic mass is 9.94. The quantitative estimate of drug-likeness (QED) is 0.750. The van der Waals surface area contributed by atoms with E-state index in [1.807, 2.05) is 13.8 Å². The molecule has 21 heavy (non-hydrogen) atoms. The van der Waals surface area contributed by atoms with Crippen LogP contribution in [0.25, 0.3) is 0 Å². The van der Waals surface area contributed by atoms with E-state index in [4.69, 9.17) is 9.47 Å². The average Bonchev–Trinajstić information content (AvgIpc) is 2.38. The van der Waals surface area contributed by atoms with E-state index < -0.39 is 5.54 Å². The molecule has 1 aromatic carbocycles. The lowest BCUT2D eigenvalue weighted by Gasteiger charge is -2.30. The molecule has 0 spiro atoms. The van der Waals surface area contributed by atoms with Crippen molar-refractivity contribution in [3.8, 4) is 5.75 Å². The normalized spacial score (nSPS) is 15.1. The molecule has 0 saturated carbocycles. The standard InChI is InChI=1S/C16H24FNO3/c1-5-18-16(4,15(19)20-6-2)11-12(3)21-14-9-7-8-13(17)10-14/h7-10,12,18H,5-6,11H2,1-4H3. The Labute approximate surface area is 125 Å². The summed E-state index contributed by atoms with van der Waals surface area (Å²) in [5.74, 6) is -0.203. The largest absolute Gasteiger partial charge is 0.491 e. The number of hydrogen-bond acceptors (Lipinski definition) is 4. The predicted molar refractivity (Wildman–Crippen MR) is 79.8 cm³/mol. The summed E-state index contributed by atoms with van der Waals surface area (Å²) in [5, 5.41) is 3.14. The molecular weight excluding hydrogens is 273 g/mol. The highest BCUT2D eigenvalue weighted by molar-refractivity contribution is 5.80. The molecule has 0 bridgehead atoms. The predicted octanol–water partition coefficient (Wildman–Crippen LogP) is 2.91. The van der Waals surface area contributed by atoms with Gasteiger partial charge in [0.2, 0.25) is 0 Å². The van der Waals surface area contributed by atoms with E-state index in [0.29, 0.717) is 25.3 Å². The molecule has 0 radical (unpaired) electrons. The third kappa shape index (κ3) is 5.34. The Bertz CT molecular complexity index is 467. The monoisotopic (exact) mass is 297 g/mol. The summed E-state index contributed by atoms with van der Waals surface area (Å²) in [4.78, 5) is 12.1. The van der Waals surface area contributed by atoms with Crippen LogP contribution in [0, 0.1) is 5.82 Å². The summed E-state index contributed by atoms with van der Waals surface area (Å²) in [5.41, 5.74) is -0.822. The van der Waals surface area contributed by atoms with Gasteiger partial charge in [-0.3, -0.25) is 4.79 Å². The number of carbonyl (C=O) groups is 1. The van der Waals surface area contributed by atoms with Gasteiger partial charge < -0.3 is 14.8 Å². The van der Waals surface area contributed by atoms with Crippen LogP contribution in [0.5, 0.6) is 5.75 Å². The summed E-state index contributed by atoms with van der Waals surface area (Å²) in [6.45, 7) is 8.31. The van der Waals surface area contributed by atoms with Gasteiger partial charge in [0.05, 0.1) is 12.7 Å². The second-order valence-corrected chi connectivity index (χ2v) is 5.17. The van der Waals surface area contributed by atoms with Crippen molar-refractivity contribution in [2.24, 2.45) is 0 Å². The summed E-state index contributed by atoms with van der Waals surface area (Å²) in [7, 11) is 0. The van der Waals surface area contributed by atoms with Crippen molar-refractivity contribution in [2.45, 2.75) is 45.8 Å². The number of ether oxygens (including phenoxy) is 2. The van der Waals surface area contributed by atoms with Crippen molar-refractivity contribution < 1.29 is 18.7 Å². The molecule has 0 aromatic heterocycles. The molecule has 5 heteroatoms. The minimum atomic E-state index is -0.822. The van der Waals surface area contributed by atoms with Crippen LogP contribution in [0.2, 0.25) is 0 Å². The fraction of sp³-hybridized carbons (Fsp3) is 0.562. The van der Waals surface area contributed by atoms with Crippen molar-refractivity contribution in [2.75, 3.05) is 13.2 Å². The van der Waals surface area contributed by atoms with Gasteiger partial charge in [0.1, 0.15) is 17.1 Å². The molecule has 1 N–H and O–H groups in total. The maximum Gasteiger partial charge on any atom is 0.326 e. The van der Waals surface area contributed by atoms with Crippen molar-refractivity contribution in [3.63, 3.8) is 0 Å². The van der Waals surface area contributed by atoms with Crippen molar-refractivity contribution in [1.29, 1.82) is 0 Å². The Morgan fingerprint density at radius 3 is 2.71 bits per heavy atom. The minimum absolute atomic E-state index is 0.264. The Kier molecular flexibility index (Phi) is 6.62. The van der Waals surface area contributed by atoms with Crippen molar-refractivity contribution in [3.05, 3.63) is 30.1 Å². The zero-order chi connectivity index (χ0) is 15.9. The van der Waals surface area contributed by atoms with E-state index >= 15 is 0 Å². The highest BCUT2D eigenvalue weighted by atomic mass is 19.1. The fourth-order valence-corrected chi connectivity index (χ4v) is 2.30. The Morgan fingerprint density at radius 1 is 1.43 bits per heavy atom. The molecule has 0 heterocycles. The molecule has 2 unspecified atom stereocenters. The zero-order valence-electron chi connectivity index (χ0n) is 13.1. The Hall–Kier alpha value is -1.62. The van der Waals surface area contributed by atoms with Gasteiger partial charge in [-0.15, -0.1) is 0 Å². The van der Waals surface area contributed by atoms with E-state index in [9.17, 15) is 9.18 Å². The molecule has 0 saturated heterocycles. The van der Waals surface area contributed by atoms with Gasteiger partial charge in [-0.25, -0.2) is 4.39 Å². The summed E-state index contributed by atoms with van der Waals surface area (Å²) in [6.07, 6.45) is 0.163. The molecule has 0 fully saturated rings. The van der Waals surface area contributed by atoms with Crippen LogP contribution in [-0.4, -0.2) is 30.8 Å². The zero-order valence-corrected chi connectivity index (χ0v) is 13.1. The number of nitrogens with one attached hydrogen (secondary N) is 1. The van der Waals surface area contributed by atoms with E-state index in [1.165, 1.54) is 12.1 Å². The van der Waals surface area contributed by atoms with Gasteiger partial charge in [-0.2, -0.15) is 0 Å². The molecule has 0 amide bonds. The number of rotatable bonds is 8. The van der Waals surface area contributed by atoms with Crippen LogP contribution in [0.1, 0.15) is 34.1 Å². The smallest absolute Gasteiger partial charge is 0.326 e. The van der Waals surface area contributed by atoms with Gasteiger partial charge in [0.15, 0.2) is 0 Å². The Balaban J connectivity index is 2.72. The third-order valence-corrected chi connectivity index (χ3v) is 3.12. The first-order valence-corrected chi connectivity index (χ1v) is 7.25.